The average Bonchev–Trinajstić information content (AvgIpc) is 2.55. The van der Waals surface area contributed by atoms with Crippen LogP contribution < -0.4 is 11.1 Å². The standard InChI is InChI=1S/C19H31N3O/c1-14(2)18(20)19(23)21-16-11-7-8-12-17(16)22(3)13-15-9-5-4-6-10-15/h4-6,9-10,14,16-18H,7-8,11-13,20H2,1-3H3,(H,21,23)/t16?,17-,18?/m0/s1. The van der Waals surface area contributed by atoms with E-state index in [0.717, 1.165) is 19.4 Å². The van der Waals surface area contributed by atoms with Crippen molar-refractivity contribution in [3.05, 3.63) is 35.9 Å². The number of nitrogens with zero attached hydrogens (tertiary/aromatic N) is 1. The van der Waals surface area contributed by atoms with Crippen LogP contribution in [0.15, 0.2) is 30.3 Å². The lowest BCUT2D eigenvalue weighted by molar-refractivity contribution is -0.124. The predicted octanol–water partition coefficient (Wildman–Crippen LogP) is 2.53. The fourth-order valence-electron chi connectivity index (χ4n) is 3.38. The molecule has 0 aliphatic heterocycles. The third kappa shape index (κ3) is 5.05. The zero-order chi connectivity index (χ0) is 16.8. The number of amides is 1. The van der Waals surface area contributed by atoms with Crippen molar-refractivity contribution in [2.24, 2.45) is 11.7 Å². The van der Waals surface area contributed by atoms with E-state index in [4.69, 9.17) is 5.73 Å². The summed E-state index contributed by atoms with van der Waals surface area (Å²) in [6, 6.07) is 10.7. The van der Waals surface area contributed by atoms with Gasteiger partial charge in [0.25, 0.3) is 0 Å². The van der Waals surface area contributed by atoms with Crippen molar-refractivity contribution < 1.29 is 4.79 Å². The number of hydrogen-bond acceptors (Lipinski definition) is 3. The summed E-state index contributed by atoms with van der Waals surface area (Å²) in [6.07, 6.45) is 4.58. The van der Waals surface area contributed by atoms with Crippen LogP contribution in [-0.4, -0.2) is 36.0 Å². The lowest BCUT2D eigenvalue weighted by Crippen LogP contribution is -2.56. The summed E-state index contributed by atoms with van der Waals surface area (Å²) in [4.78, 5) is 14.7. The van der Waals surface area contributed by atoms with Gasteiger partial charge in [0.2, 0.25) is 5.91 Å². The first-order chi connectivity index (χ1) is 11.0. The highest BCUT2D eigenvalue weighted by Crippen LogP contribution is 2.24. The Morgan fingerprint density at radius 2 is 1.91 bits per heavy atom. The van der Waals surface area contributed by atoms with E-state index in [0.29, 0.717) is 6.04 Å². The van der Waals surface area contributed by atoms with E-state index in [2.05, 4.69) is 41.5 Å². The van der Waals surface area contributed by atoms with Crippen molar-refractivity contribution in [2.45, 2.75) is 64.2 Å². The van der Waals surface area contributed by atoms with E-state index in [1.165, 1.54) is 18.4 Å². The van der Waals surface area contributed by atoms with Gasteiger partial charge < -0.3 is 11.1 Å². The molecule has 1 aliphatic rings. The van der Waals surface area contributed by atoms with Crippen molar-refractivity contribution in [3.63, 3.8) is 0 Å². The molecule has 4 nitrogen and oxygen atoms in total. The molecule has 1 amide bonds. The van der Waals surface area contributed by atoms with Gasteiger partial charge in [0, 0.05) is 18.6 Å². The van der Waals surface area contributed by atoms with Gasteiger partial charge in [-0.2, -0.15) is 0 Å². The molecular weight excluding hydrogens is 286 g/mol. The maximum Gasteiger partial charge on any atom is 0.237 e. The van der Waals surface area contributed by atoms with Gasteiger partial charge in [-0.1, -0.05) is 57.0 Å². The Hall–Kier alpha value is -1.39. The Bertz CT molecular complexity index is 489. The molecule has 0 heterocycles. The molecule has 1 aromatic rings. The molecule has 2 rings (SSSR count). The highest BCUT2D eigenvalue weighted by atomic mass is 16.2. The second kappa shape index (κ2) is 8.46. The van der Waals surface area contributed by atoms with Crippen LogP contribution in [0.4, 0.5) is 0 Å². The number of rotatable bonds is 6. The Morgan fingerprint density at radius 3 is 2.57 bits per heavy atom. The molecule has 3 atom stereocenters. The lowest BCUT2D eigenvalue weighted by atomic mass is 9.88. The first kappa shape index (κ1) is 18.0. The Morgan fingerprint density at radius 1 is 1.26 bits per heavy atom. The molecule has 2 unspecified atom stereocenters. The lowest BCUT2D eigenvalue weighted by Gasteiger charge is -2.39. The molecule has 0 radical (unpaired) electrons. The SMILES string of the molecule is CC(C)C(N)C(=O)NC1CCCC[C@@H]1N(C)Cc1ccccc1. The van der Waals surface area contributed by atoms with Gasteiger partial charge in [-0.3, -0.25) is 9.69 Å². The Kier molecular flexibility index (Phi) is 6.60. The number of carbonyl (C=O) groups excluding carboxylic acids is 1. The zero-order valence-corrected chi connectivity index (χ0v) is 14.7. The first-order valence-corrected chi connectivity index (χ1v) is 8.79. The molecule has 0 bridgehead atoms. The average molecular weight is 317 g/mol. The molecule has 1 saturated carbocycles. The quantitative estimate of drug-likeness (QED) is 0.847. The summed E-state index contributed by atoms with van der Waals surface area (Å²) in [5.74, 6) is 0.157. The molecule has 0 saturated heterocycles. The summed E-state index contributed by atoms with van der Waals surface area (Å²) in [5.41, 5.74) is 7.31. The van der Waals surface area contributed by atoms with Gasteiger partial charge in [-0.25, -0.2) is 0 Å². The minimum Gasteiger partial charge on any atom is -0.350 e. The number of likely N-dealkylation sites (N-methyl/N-ethyl adjacent to an activating group) is 1. The number of carbonyl (C=O) groups is 1. The number of hydrogen-bond donors (Lipinski definition) is 2. The first-order valence-electron chi connectivity index (χ1n) is 8.79. The van der Waals surface area contributed by atoms with Crippen molar-refractivity contribution in [1.82, 2.24) is 10.2 Å². The Labute approximate surface area is 140 Å². The van der Waals surface area contributed by atoms with E-state index < -0.39 is 6.04 Å². The van der Waals surface area contributed by atoms with E-state index in [9.17, 15) is 4.79 Å². The smallest absolute Gasteiger partial charge is 0.237 e. The van der Waals surface area contributed by atoms with Gasteiger partial charge >= 0.3 is 0 Å². The molecule has 0 aromatic heterocycles. The maximum absolute atomic E-state index is 12.3. The van der Waals surface area contributed by atoms with E-state index in [1.807, 2.05) is 19.9 Å². The van der Waals surface area contributed by atoms with Gasteiger partial charge in [0.15, 0.2) is 0 Å². The zero-order valence-electron chi connectivity index (χ0n) is 14.7. The summed E-state index contributed by atoms with van der Waals surface area (Å²) < 4.78 is 0. The molecule has 1 aliphatic carbocycles. The van der Waals surface area contributed by atoms with Crippen molar-refractivity contribution in [3.8, 4) is 0 Å². The summed E-state index contributed by atoms with van der Waals surface area (Å²) in [5, 5.41) is 3.21. The molecule has 23 heavy (non-hydrogen) atoms. The fourth-order valence-corrected chi connectivity index (χ4v) is 3.38. The van der Waals surface area contributed by atoms with Crippen LogP contribution in [0.2, 0.25) is 0 Å². The highest BCUT2D eigenvalue weighted by molar-refractivity contribution is 5.82. The topological polar surface area (TPSA) is 58.4 Å². The number of benzene rings is 1. The normalized spacial score (nSPS) is 23.0. The van der Waals surface area contributed by atoms with E-state index in [1.54, 1.807) is 0 Å². The largest absolute Gasteiger partial charge is 0.350 e. The van der Waals surface area contributed by atoms with Crippen LogP contribution in [0.5, 0.6) is 0 Å². The van der Waals surface area contributed by atoms with Crippen LogP contribution in [0.25, 0.3) is 0 Å². The summed E-state index contributed by atoms with van der Waals surface area (Å²) in [6.45, 7) is 4.89. The van der Waals surface area contributed by atoms with Crippen LogP contribution in [0.1, 0.15) is 45.1 Å². The van der Waals surface area contributed by atoms with Gasteiger partial charge in [-0.15, -0.1) is 0 Å². The third-order valence-electron chi connectivity index (χ3n) is 4.92. The van der Waals surface area contributed by atoms with Crippen molar-refractivity contribution in [2.75, 3.05) is 7.05 Å². The van der Waals surface area contributed by atoms with Crippen LogP contribution in [0, 0.1) is 5.92 Å². The molecule has 0 spiro atoms. The van der Waals surface area contributed by atoms with Crippen molar-refractivity contribution in [1.29, 1.82) is 0 Å². The summed E-state index contributed by atoms with van der Waals surface area (Å²) >= 11 is 0. The minimum absolute atomic E-state index is 0.00925. The molecule has 1 fully saturated rings. The van der Waals surface area contributed by atoms with Crippen molar-refractivity contribution >= 4 is 5.91 Å². The van der Waals surface area contributed by atoms with Crippen LogP contribution in [-0.2, 0) is 11.3 Å². The second-order valence-corrected chi connectivity index (χ2v) is 7.14. The van der Waals surface area contributed by atoms with E-state index in [-0.39, 0.29) is 17.9 Å². The van der Waals surface area contributed by atoms with Crippen LogP contribution in [0.3, 0.4) is 0 Å². The van der Waals surface area contributed by atoms with Gasteiger partial charge in [0.1, 0.15) is 0 Å². The third-order valence-corrected chi connectivity index (χ3v) is 4.92. The minimum atomic E-state index is -0.419. The molecule has 4 heteroatoms. The van der Waals surface area contributed by atoms with Gasteiger partial charge in [-0.05, 0) is 31.4 Å². The highest BCUT2D eigenvalue weighted by Gasteiger charge is 2.31. The van der Waals surface area contributed by atoms with Crippen LogP contribution >= 0.6 is 0 Å². The monoisotopic (exact) mass is 317 g/mol. The molecule has 1 aromatic carbocycles. The number of nitrogens with two attached hydrogens (primary N) is 1. The van der Waals surface area contributed by atoms with E-state index >= 15 is 0 Å². The maximum atomic E-state index is 12.3. The summed E-state index contributed by atoms with van der Waals surface area (Å²) in [7, 11) is 2.16. The fraction of sp³-hybridized carbons (Fsp3) is 0.632. The second-order valence-electron chi connectivity index (χ2n) is 7.14. The molecule has 3 N–H and O–H groups in total. The van der Waals surface area contributed by atoms with Gasteiger partial charge in [0.05, 0.1) is 6.04 Å². The molecule has 128 valence electrons. The Balaban J connectivity index is 1.98. The number of nitrogens with one attached hydrogen (secondary N) is 1. The molecular formula is C19H31N3O. The predicted molar refractivity (Wildman–Crippen MR) is 94.9 cm³/mol.